The van der Waals surface area contributed by atoms with Crippen molar-refractivity contribution in [2.24, 2.45) is 0 Å². The maximum absolute atomic E-state index is 12.4. The Morgan fingerprint density at radius 1 is 1.04 bits per heavy atom. The van der Waals surface area contributed by atoms with Gasteiger partial charge in [-0.25, -0.2) is 8.42 Å². The fourth-order valence-electron chi connectivity index (χ4n) is 2.08. The molecule has 2 rings (SSSR count). The quantitative estimate of drug-likeness (QED) is 0.611. The predicted octanol–water partition coefficient (Wildman–Crippen LogP) is 2.51. The molecule has 2 N–H and O–H groups in total. The van der Waals surface area contributed by atoms with Gasteiger partial charge < -0.3 is 14.8 Å². The van der Waals surface area contributed by atoms with E-state index in [1.165, 1.54) is 12.1 Å². The maximum Gasteiger partial charge on any atom is 0.263 e. The highest BCUT2D eigenvalue weighted by Crippen LogP contribution is 2.19. The average Bonchev–Trinajstić information content (AvgIpc) is 2.60. The van der Waals surface area contributed by atoms with Gasteiger partial charge in [-0.15, -0.1) is 10.2 Å². The van der Waals surface area contributed by atoms with Gasteiger partial charge in [0.1, 0.15) is 11.6 Å². The molecule has 0 saturated carbocycles. The van der Waals surface area contributed by atoms with Crippen LogP contribution in [0.4, 0.5) is 11.6 Å². The molecule has 0 atom stereocenters. The number of anilines is 2. The second-order valence-corrected chi connectivity index (χ2v) is 7.50. The van der Waals surface area contributed by atoms with Gasteiger partial charge in [0.05, 0.1) is 11.0 Å². The number of rotatable bonds is 10. The molecule has 0 aliphatic rings. The fourth-order valence-corrected chi connectivity index (χ4v) is 3.08. The van der Waals surface area contributed by atoms with Crippen LogP contribution in [-0.4, -0.2) is 45.0 Å². The highest BCUT2D eigenvalue weighted by atomic mass is 32.2. The number of ether oxygens (including phenoxy) is 2. The third kappa shape index (κ3) is 6.16. The number of benzene rings is 1. The summed E-state index contributed by atoms with van der Waals surface area (Å²) in [5, 5.41) is 10.9. The van der Waals surface area contributed by atoms with Crippen LogP contribution in [0.2, 0.25) is 0 Å². The Morgan fingerprint density at radius 2 is 1.69 bits per heavy atom. The summed E-state index contributed by atoms with van der Waals surface area (Å²) in [6.45, 7) is 5.15. The SMILES string of the molecule is COCCCNc1ccc(NS(=O)(=O)c2ccc(OC(C)C)cc2)nn1. The number of methoxy groups -OCH3 is 1. The molecule has 1 heterocycles. The van der Waals surface area contributed by atoms with Crippen LogP contribution in [-0.2, 0) is 14.8 Å². The molecule has 8 nitrogen and oxygen atoms in total. The Balaban J connectivity index is 1.97. The van der Waals surface area contributed by atoms with Crippen molar-refractivity contribution in [3.05, 3.63) is 36.4 Å². The molecule has 1 aromatic heterocycles. The van der Waals surface area contributed by atoms with Crippen molar-refractivity contribution < 1.29 is 17.9 Å². The topological polar surface area (TPSA) is 102 Å². The molecule has 142 valence electrons. The molecule has 1 aromatic carbocycles. The molecule has 0 fully saturated rings. The summed E-state index contributed by atoms with van der Waals surface area (Å²) in [4.78, 5) is 0.122. The van der Waals surface area contributed by atoms with Crippen LogP contribution in [0.25, 0.3) is 0 Å². The summed E-state index contributed by atoms with van der Waals surface area (Å²) in [5.41, 5.74) is 0. The summed E-state index contributed by atoms with van der Waals surface area (Å²) in [5.74, 6) is 1.33. The van der Waals surface area contributed by atoms with Gasteiger partial charge in [0, 0.05) is 20.3 Å². The Labute approximate surface area is 154 Å². The Hall–Kier alpha value is -2.39. The fraction of sp³-hybridized carbons (Fsp3) is 0.412. The largest absolute Gasteiger partial charge is 0.491 e. The number of hydrogen-bond acceptors (Lipinski definition) is 7. The van der Waals surface area contributed by atoms with E-state index in [9.17, 15) is 8.42 Å². The van der Waals surface area contributed by atoms with Gasteiger partial charge in [-0.3, -0.25) is 4.72 Å². The summed E-state index contributed by atoms with van der Waals surface area (Å²) < 4.78 is 37.7. The van der Waals surface area contributed by atoms with E-state index in [0.717, 1.165) is 6.42 Å². The van der Waals surface area contributed by atoms with E-state index in [-0.39, 0.29) is 16.8 Å². The third-order valence-electron chi connectivity index (χ3n) is 3.24. The predicted molar refractivity (Wildman–Crippen MR) is 100 cm³/mol. The van der Waals surface area contributed by atoms with Crippen molar-refractivity contribution >= 4 is 21.7 Å². The first-order valence-electron chi connectivity index (χ1n) is 8.27. The molecule has 0 bridgehead atoms. The van der Waals surface area contributed by atoms with E-state index in [1.807, 2.05) is 13.8 Å². The molecule has 0 radical (unpaired) electrons. The minimum Gasteiger partial charge on any atom is -0.491 e. The van der Waals surface area contributed by atoms with Gasteiger partial charge in [0.25, 0.3) is 10.0 Å². The second-order valence-electron chi connectivity index (χ2n) is 5.82. The van der Waals surface area contributed by atoms with Crippen molar-refractivity contribution in [1.29, 1.82) is 0 Å². The lowest BCUT2D eigenvalue weighted by molar-refractivity contribution is 0.197. The van der Waals surface area contributed by atoms with Gasteiger partial charge in [-0.1, -0.05) is 0 Å². The molecular weight excluding hydrogens is 356 g/mol. The molecule has 0 amide bonds. The van der Waals surface area contributed by atoms with Gasteiger partial charge in [-0.2, -0.15) is 0 Å². The van der Waals surface area contributed by atoms with E-state index in [0.29, 0.717) is 24.7 Å². The van der Waals surface area contributed by atoms with E-state index >= 15 is 0 Å². The Bertz CT molecular complexity index is 777. The smallest absolute Gasteiger partial charge is 0.263 e. The van der Waals surface area contributed by atoms with Crippen LogP contribution in [0.15, 0.2) is 41.3 Å². The van der Waals surface area contributed by atoms with E-state index in [2.05, 4.69) is 20.2 Å². The van der Waals surface area contributed by atoms with Gasteiger partial charge in [0.2, 0.25) is 0 Å². The number of aromatic nitrogens is 2. The monoisotopic (exact) mass is 380 g/mol. The summed E-state index contributed by atoms with van der Waals surface area (Å²) in [7, 11) is -2.10. The van der Waals surface area contributed by atoms with Crippen LogP contribution >= 0.6 is 0 Å². The van der Waals surface area contributed by atoms with Crippen molar-refractivity contribution in [2.45, 2.75) is 31.3 Å². The molecule has 0 saturated heterocycles. The molecule has 0 unspecified atom stereocenters. The summed E-state index contributed by atoms with van der Waals surface area (Å²) in [6, 6.07) is 9.43. The van der Waals surface area contributed by atoms with Crippen molar-refractivity contribution in [1.82, 2.24) is 10.2 Å². The zero-order valence-corrected chi connectivity index (χ0v) is 15.9. The Kier molecular flexibility index (Phi) is 7.16. The lowest BCUT2D eigenvalue weighted by Gasteiger charge is -2.11. The van der Waals surface area contributed by atoms with Crippen LogP contribution in [0.5, 0.6) is 5.75 Å². The van der Waals surface area contributed by atoms with Crippen LogP contribution in [0.1, 0.15) is 20.3 Å². The maximum atomic E-state index is 12.4. The minimum absolute atomic E-state index is 0.0208. The molecular formula is C17H24N4O4S. The number of nitrogens with one attached hydrogen (secondary N) is 2. The minimum atomic E-state index is -3.74. The number of nitrogens with zero attached hydrogens (tertiary/aromatic N) is 2. The molecule has 0 aliphatic heterocycles. The summed E-state index contributed by atoms with van der Waals surface area (Å²) >= 11 is 0. The second kappa shape index (κ2) is 9.35. The molecule has 0 spiro atoms. The Morgan fingerprint density at radius 3 is 2.27 bits per heavy atom. The van der Waals surface area contributed by atoms with Crippen molar-refractivity contribution in [3.63, 3.8) is 0 Å². The zero-order valence-electron chi connectivity index (χ0n) is 15.1. The van der Waals surface area contributed by atoms with E-state index in [1.54, 1.807) is 31.4 Å². The standard InChI is InChI=1S/C17H24N4O4S/c1-13(2)25-14-5-7-15(8-6-14)26(22,23)21-17-10-9-16(19-20-17)18-11-4-12-24-3/h5-10,13H,4,11-12H2,1-3H3,(H,18,19)(H,20,21). The normalized spacial score (nSPS) is 11.4. The highest BCUT2D eigenvalue weighted by Gasteiger charge is 2.15. The molecule has 2 aromatic rings. The van der Waals surface area contributed by atoms with Crippen LogP contribution in [0, 0.1) is 0 Å². The molecule has 26 heavy (non-hydrogen) atoms. The number of hydrogen-bond donors (Lipinski definition) is 2. The van der Waals surface area contributed by atoms with E-state index in [4.69, 9.17) is 9.47 Å². The number of sulfonamides is 1. The van der Waals surface area contributed by atoms with Crippen molar-refractivity contribution in [3.8, 4) is 5.75 Å². The lowest BCUT2D eigenvalue weighted by atomic mass is 10.3. The summed E-state index contributed by atoms with van der Waals surface area (Å²) in [6.07, 6.45) is 0.857. The molecule has 9 heteroatoms. The average molecular weight is 380 g/mol. The first-order chi connectivity index (χ1) is 12.4. The third-order valence-corrected chi connectivity index (χ3v) is 4.61. The van der Waals surface area contributed by atoms with Gasteiger partial charge in [-0.05, 0) is 56.7 Å². The van der Waals surface area contributed by atoms with Crippen LogP contribution < -0.4 is 14.8 Å². The van der Waals surface area contributed by atoms with Gasteiger partial charge >= 0.3 is 0 Å². The van der Waals surface area contributed by atoms with Gasteiger partial charge in [0.15, 0.2) is 5.82 Å². The van der Waals surface area contributed by atoms with Crippen LogP contribution in [0.3, 0.4) is 0 Å². The zero-order chi connectivity index (χ0) is 19.0. The first-order valence-corrected chi connectivity index (χ1v) is 9.75. The first kappa shape index (κ1) is 19.9. The van der Waals surface area contributed by atoms with E-state index < -0.39 is 10.0 Å². The lowest BCUT2D eigenvalue weighted by Crippen LogP contribution is -2.15. The highest BCUT2D eigenvalue weighted by molar-refractivity contribution is 7.92. The van der Waals surface area contributed by atoms with Crippen molar-refractivity contribution in [2.75, 3.05) is 30.3 Å². The molecule has 0 aliphatic carbocycles.